The fourth-order valence-electron chi connectivity index (χ4n) is 1.39. The maximum atomic E-state index is 5.87. The fraction of sp³-hybridized carbons (Fsp3) is 0.273. The van der Waals surface area contributed by atoms with Crippen LogP contribution < -0.4 is 10.5 Å². The standard InChI is InChI=1S/C11H12ClN3O2/c1-7-14-11(15-17-7)6-16-10-3-2-9(12)4-8(10)5-13/h2-4H,5-6,13H2,1H3. The third-order valence-corrected chi connectivity index (χ3v) is 2.40. The second-order valence-electron chi connectivity index (χ2n) is 3.47. The summed E-state index contributed by atoms with van der Waals surface area (Å²) in [5.41, 5.74) is 6.45. The largest absolute Gasteiger partial charge is 0.485 e. The van der Waals surface area contributed by atoms with Gasteiger partial charge in [0.25, 0.3) is 0 Å². The van der Waals surface area contributed by atoms with E-state index < -0.39 is 0 Å². The van der Waals surface area contributed by atoms with Crippen LogP contribution in [0.25, 0.3) is 0 Å². The van der Waals surface area contributed by atoms with E-state index >= 15 is 0 Å². The molecular formula is C11H12ClN3O2. The monoisotopic (exact) mass is 253 g/mol. The number of rotatable bonds is 4. The molecule has 0 saturated carbocycles. The molecule has 2 aromatic rings. The van der Waals surface area contributed by atoms with Crippen molar-refractivity contribution >= 4 is 11.6 Å². The second kappa shape index (κ2) is 5.16. The van der Waals surface area contributed by atoms with Gasteiger partial charge >= 0.3 is 0 Å². The Morgan fingerprint density at radius 1 is 1.47 bits per heavy atom. The normalized spacial score (nSPS) is 10.5. The molecule has 0 saturated heterocycles. The number of aryl methyl sites for hydroxylation is 1. The van der Waals surface area contributed by atoms with Crippen LogP contribution in [-0.4, -0.2) is 10.1 Å². The fourth-order valence-corrected chi connectivity index (χ4v) is 1.59. The molecule has 0 aliphatic rings. The van der Waals surface area contributed by atoms with E-state index in [9.17, 15) is 0 Å². The van der Waals surface area contributed by atoms with Crippen LogP contribution in [-0.2, 0) is 13.2 Å². The maximum Gasteiger partial charge on any atom is 0.223 e. The Balaban J connectivity index is 2.08. The minimum Gasteiger partial charge on any atom is -0.485 e. The Morgan fingerprint density at radius 3 is 2.94 bits per heavy atom. The van der Waals surface area contributed by atoms with Crippen LogP contribution in [0.2, 0.25) is 5.02 Å². The lowest BCUT2D eigenvalue weighted by Crippen LogP contribution is -2.03. The molecule has 1 heterocycles. The number of halogens is 1. The molecule has 5 nitrogen and oxygen atoms in total. The van der Waals surface area contributed by atoms with Gasteiger partial charge in [-0.05, 0) is 18.2 Å². The quantitative estimate of drug-likeness (QED) is 0.903. The van der Waals surface area contributed by atoms with Crippen LogP contribution in [0.4, 0.5) is 0 Å². The summed E-state index contributed by atoms with van der Waals surface area (Å²) in [5, 5.41) is 4.37. The average Bonchev–Trinajstić information content (AvgIpc) is 2.73. The summed E-state index contributed by atoms with van der Waals surface area (Å²) in [5.74, 6) is 1.69. The highest BCUT2D eigenvalue weighted by Gasteiger charge is 2.06. The van der Waals surface area contributed by atoms with Crippen molar-refractivity contribution in [2.75, 3.05) is 0 Å². The predicted molar refractivity (Wildman–Crippen MR) is 62.7 cm³/mol. The summed E-state index contributed by atoms with van der Waals surface area (Å²) in [4.78, 5) is 4.04. The summed E-state index contributed by atoms with van der Waals surface area (Å²) >= 11 is 5.87. The van der Waals surface area contributed by atoms with E-state index in [0.717, 1.165) is 5.56 Å². The summed E-state index contributed by atoms with van der Waals surface area (Å²) < 4.78 is 10.4. The molecule has 0 unspecified atom stereocenters. The maximum absolute atomic E-state index is 5.87. The number of hydrogen-bond acceptors (Lipinski definition) is 5. The molecule has 2 N–H and O–H groups in total. The van der Waals surface area contributed by atoms with Crippen LogP contribution in [0.15, 0.2) is 22.7 Å². The van der Waals surface area contributed by atoms with Crippen LogP contribution in [0.1, 0.15) is 17.3 Å². The van der Waals surface area contributed by atoms with Crippen molar-refractivity contribution in [2.24, 2.45) is 5.73 Å². The lowest BCUT2D eigenvalue weighted by molar-refractivity contribution is 0.283. The van der Waals surface area contributed by atoms with E-state index in [2.05, 4.69) is 10.1 Å². The van der Waals surface area contributed by atoms with Crippen molar-refractivity contribution in [3.05, 3.63) is 40.5 Å². The summed E-state index contributed by atoms with van der Waals surface area (Å²) in [7, 11) is 0. The predicted octanol–water partition coefficient (Wildman–Crippen LogP) is 2.07. The van der Waals surface area contributed by atoms with Crippen molar-refractivity contribution in [3.63, 3.8) is 0 Å². The van der Waals surface area contributed by atoms with Gasteiger partial charge in [-0.15, -0.1) is 0 Å². The highest BCUT2D eigenvalue weighted by molar-refractivity contribution is 6.30. The lowest BCUT2D eigenvalue weighted by atomic mass is 10.2. The zero-order chi connectivity index (χ0) is 12.3. The van der Waals surface area contributed by atoms with Gasteiger partial charge in [-0.1, -0.05) is 16.8 Å². The van der Waals surface area contributed by atoms with Crippen LogP contribution in [0, 0.1) is 6.92 Å². The number of nitrogens with two attached hydrogens (primary N) is 1. The van der Waals surface area contributed by atoms with Gasteiger partial charge in [-0.3, -0.25) is 0 Å². The number of hydrogen-bond donors (Lipinski definition) is 1. The smallest absolute Gasteiger partial charge is 0.223 e. The van der Waals surface area contributed by atoms with Crippen LogP contribution in [0.3, 0.4) is 0 Å². The third-order valence-electron chi connectivity index (χ3n) is 2.17. The number of benzene rings is 1. The van der Waals surface area contributed by atoms with Gasteiger partial charge in [-0.2, -0.15) is 4.98 Å². The average molecular weight is 254 g/mol. The molecule has 0 aliphatic heterocycles. The van der Waals surface area contributed by atoms with Gasteiger partial charge in [-0.25, -0.2) is 0 Å². The first-order chi connectivity index (χ1) is 8.19. The minimum absolute atomic E-state index is 0.242. The molecule has 0 bridgehead atoms. The van der Waals surface area contributed by atoms with Gasteiger partial charge in [0.2, 0.25) is 11.7 Å². The molecule has 0 atom stereocenters. The third kappa shape index (κ3) is 2.95. The van der Waals surface area contributed by atoms with E-state index in [1.807, 2.05) is 0 Å². The van der Waals surface area contributed by atoms with E-state index in [-0.39, 0.29) is 6.61 Å². The molecular weight excluding hydrogens is 242 g/mol. The van der Waals surface area contributed by atoms with E-state index in [0.29, 0.717) is 29.0 Å². The molecule has 1 aromatic heterocycles. The van der Waals surface area contributed by atoms with Crippen molar-refractivity contribution < 1.29 is 9.26 Å². The molecule has 0 aliphatic carbocycles. The first-order valence-corrected chi connectivity index (χ1v) is 5.47. The summed E-state index contributed by atoms with van der Waals surface area (Å²) in [6.07, 6.45) is 0. The second-order valence-corrected chi connectivity index (χ2v) is 3.91. The first kappa shape index (κ1) is 11.9. The first-order valence-electron chi connectivity index (χ1n) is 5.09. The van der Waals surface area contributed by atoms with E-state index in [1.54, 1.807) is 25.1 Å². The van der Waals surface area contributed by atoms with Gasteiger partial charge in [0.05, 0.1) is 0 Å². The molecule has 6 heteroatoms. The number of ether oxygens (including phenoxy) is 1. The summed E-state index contributed by atoms with van der Waals surface area (Å²) in [6, 6.07) is 5.30. The molecule has 0 spiro atoms. The van der Waals surface area contributed by atoms with Gasteiger partial charge in [0.15, 0.2) is 6.61 Å². The number of nitrogens with zero attached hydrogens (tertiary/aromatic N) is 2. The zero-order valence-corrected chi connectivity index (χ0v) is 10.1. The topological polar surface area (TPSA) is 74.2 Å². The zero-order valence-electron chi connectivity index (χ0n) is 9.31. The Hall–Kier alpha value is -1.59. The van der Waals surface area contributed by atoms with Crippen molar-refractivity contribution in [1.82, 2.24) is 10.1 Å². The molecule has 2 rings (SSSR count). The molecule has 1 aromatic carbocycles. The molecule has 0 fully saturated rings. The van der Waals surface area contributed by atoms with Crippen LogP contribution >= 0.6 is 11.6 Å². The van der Waals surface area contributed by atoms with Crippen LogP contribution in [0.5, 0.6) is 5.75 Å². The molecule has 0 amide bonds. The van der Waals surface area contributed by atoms with Crippen molar-refractivity contribution in [1.29, 1.82) is 0 Å². The van der Waals surface area contributed by atoms with Gasteiger partial charge < -0.3 is 15.0 Å². The van der Waals surface area contributed by atoms with E-state index in [1.165, 1.54) is 0 Å². The Labute approximate surface area is 104 Å². The van der Waals surface area contributed by atoms with Gasteiger partial charge in [0.1, 0.15) is 5.75 Å². The Morgan fingerprint density at radius 2 is 2.29 bits per heavy atom. The molecule has 0 radical (unpaired) electrons. The van der Waals surface area contributed by atoms with Crippen molar-refractivity contribution in [2.45, 2.75) is 20.1 Å². The van der Waals surface area contributed by atoms with E-state index in [4.69, 9.17) is 26.6 Å². The Kier molecular flexibility index (Phi) is 3.61. The van der Waals surface area contributed by atoms with Gasteiger partial charge in [0, 0.05) is 24.1 Å². The highest BCUT2D eigenvalue weighted by Crippen LogP contribution is 2.23. The Bertz CT molecular complexity index is 513. The minimum atomic E-state index is 0.242. The molecule has 17 heavy (non-hydrogen) atoms. The lowest BCUT2D eigenvalue weighted by Gasteiger charge is -2.08. The molecule has 90 valence electrons. The SMILES string of the molecule is Cc1nc(COc2ccc(Cl)cc2CN)no1. The number of aromatic nitrogens is 2. The van der Waals surface area contributed by atoms with Crippen molar-refractivity contribution in [3.8, 4) is 5.75 Å². The summed E-state index contributed by atoms with van der Waals surface area (Å²) in [6.45, 7) is 2.33. The highest BCUT2D eigenvalue weighted by atomic mass is 35.5.